The highest BCUT2D eigenvalue weighted by atomic mass is 35.5. The Morgan fingerprint density at radius 1 is 0.919 bits per heavy atom. The van der Waals surface area contributed by atoms with Crippen molar-refractivity contribution in [3.05, 3.63) is 119 Å². The van der Waals surface area contributed by atoms with Gasteiger partial charge >= 0.3 is 6.09 Å². The molecular weight excluding hydrogens is 484 g/mol. The first-order valence-electron chi connectivity index (χ1n) is 12.5. The molecule has 0 aromatic heterocycles. The van der Waals surface area contributed by atoms with Crippen molar-refractivity contribution in [3.8, 4) is 0 Å². The number of likely N-dealkylation sites (tertiary alicyclic amines) is 1. The molecule has 0 bridgehead atoms. The number of hydrogen-bond donors (Lipinski definition) is 1. The topological polar surface area (TPSA) is 60.9 Å². The molecule has 0 saturated carbocycles. The third-order valence-corrected chi connectivity index (χ3v) is 7.81. The molecule has 5 rings (SSSR count). The van der Waals surface area contributed by atoms with Gasteiger partial charge in [0.05, 0.1) is 16.6 Å². The van der Waals surface area contributed by atoms with E-state index in [-0.39, 0.29) is 23.8 Å². The molecule has 188 valence electrons. The van der Waals surface area contributed by atoms with Gasteiger partial charge in [-0.15, -0.1) is 0 Å². The normalized spacial score (nSPS) is 18.1. The summed E-state index contributed by atoms with van der Waals surface area (Å²) >= 11 is 6.34. The summed E-state index contributed by atoms with van der Waals surface area (Å²) in [5, 5.41) is 12.9. The van der Waals surface area contributed by atoms with E-state index in [0.29, 0.717) is 30.2 Å². The molecule has 6 heteroatoms. The van der Waals surface area contributed by atoms with Crippen LogP contribution in [0.4, 0.5) is 4.79 Å². The smallest absolute Gasteiger partial charge is 0.407 e. The van der Waals surface area contributed by atoms with Crippen LogP contribution >= 0.6 is 11.6 Å². The number of carbonyl (C=O) groups is 2. The van der Waals surface area contributed by atoms with Crippen molar-refractivity contribution in [1.82, 2.24) is 9.80 Å². The Hall–Kier alpha value is -3.83. The number of nitrogens with zero attached hydrogens (tertiary/aromatic N) is 2. The second-order valence-electron chi connectivity index (χ2n) is 9.65. The van der Waals surface area contributed by atoms with Crippen LogP contribution in [0.5, 0.6) is 0 Å². The number of hydrogen-bond acceptors (Lipinski definition) is 2. The SMILES string of the molecule is CC(c1cccc2ccccc12)N(CC1CN(C(=O)c2ccccc2Cl)CC1c1ccccc1)C(=O)O. The zero-order valence-electron chi connectivity index (χ0n) is 20.6. The van der Waals surface area contributed by atoms with E-state index < -0.39 is 6.09 Å². The van der Waals surface area contributed by atoms with E-state index >= 15 is 0 Å². The molecule has 1 heterocycles. The van der Waals surface area contributed by atoms with Crippen molar-refractivity contribution in [1.29, 1.82) is 0 Å². The summed E-state index contributed by atoms with van der Waals surface area (Å²) in [4.78, 5) is 29.3. The third-order valence-electron chi connectivity index (χ3n) is 7.48. The first-order chi connectivity index (χ1) is 17.9. The summed E-state index contributed by atoms with van der Waals surface area (Å²) in [5.74, 6) is -0.186. The van der Waals surface area contributed by atoms with Crippen LogP contribution in [0.15, 0.2) is 97.1 Å². The summed E-state index contributed by atoms with van der Waals surface area (Å²) < 4.78 is 0. The second-order valence-corrected chi connectivity index (χ2v) is 10.1. The van der Waals surface area contributed by atoms with Crippen LogP contribution in [0.1, 0.15) is 40.4 Å². The van der Waals surface area contributed by atoms with Gasteiger partial charge in [-0.05, 0) is 41.0 Å². The van der Waals surface area contributed by atoms with Crippen molar-refractivity contribution in [2.45, 2.75) is 18.9 Å². The molecule has 0 aliphatic carbocycles. The fourth-order valence-corrected chi connectivity index (χ4v) is 5.76. The monoisotopic (exact) mass is 512 g/mol. The Labute approximate surface area is 221 Å². The van der Waals surface area contributed by atoms with Gasteiger partial charge in [0.2, 0.25) is 0 Å². The molecule has 1 aliphatic heterocycles. The molecule has 5 nitrogen and oxygen atoms in total. The molecule has 1 fully saturated rings. The van der Waals surface area contributed by atoms with E-state index in [2.05, 4.69) is 12.1 Å². The third kappa shape index (κ3) is 5.05. The number of carbonyl (C=O) groups excluding carboxylic acids is 1. The zero-order valence-corrected chi connectivity index (χ0v) is 21.4. The average molecular weight is 513 g/mol. The molecule has 2 amide bonds. The van der Waals surface area contributed by atoms with Crippen molar-refractivity contribution in [2.75, 3.05) is 19.6 Å². The predicted molar refractivity (Wildman–Crippen MR) is 147 cm³/mol. The number of fused-ring (bicyclic) bond motifs is 1. The lowest BCUT2D eigenvalue weighted by molar-refractivity contribution is 0.0781. The van der Waals surface area contributed by atoms with Gasteiger partial charge in [-0.25, -0.2) is 4.79 Å². The Morgan fingerprint density at radius 3 is 2.35 bits per heavy atom. The maximum atomic E-state index is 13.4. The molecule has 0 spiro atoms. The van der Waals surface area contributed by atoms with E-state index in [1.807, 2.05) is 72.5 Å². The Bertz CT molecular complexity index is 1420. The first kappa shape index (κ1) is 24.8. The highest BCUT2D eigenvalue weighted by Gasteiger charge is 2.39. The highest BCUT2D eigenvalue weighted by molar-refractivity contribution is 6.33. The average Bonchev–Trinajstić information content (AvgIpc) is 3.35. The predicted octanol–water partition coefficient (Wildman–Crippen LogP) is 7.09. The highest BCUT2D eigenvalue weighted by Crippen LogP contribution is 2.37. The lowest BCUT2D eigenvalue weighted by atomic mass is 9.88. The van der Waals surface area contributed by atoms with Gasteiger partial charge in [-0.2, -0.15) is 0 Å². The van der Waals surface area contributed by atoms with Gasteiger partial charge in [0.15, 0.2) is 0 Å². The van der Waals surface area contributed by atoms with Crippen LogP contribution < -0.4 is 0 Å². The van der Waals surface area contributed by atoms with Crippen molar-refractivity contribution >= 4 is 34.4 Å². The fourth-order valence-electron chi connectivity index (χ4n) is 5.54. The number of halogens is 1. The summed E-state index contributed by atoms with van der Waals surface area (Å²) in [6.45, 7) is 3.21. The van der Waals surface area contributed by atoms with Gasteiger partial charge in [0.25, 0.3) is 5.91 Å². The molecule has 3 atom stereocenters. The summed E-state index contributed by atoms with van der Waals surface area (Å²) in [5.41, 5.74) is 2.54. The largest absolute Gasteiger partial charge is 0.465 e. The second kappa shape index (κ2) is 10.7. The molecule has 3 unspecified atom stereocenters. The number of rotatable bonds is 6. The van der Waals surface area contributed by atoms with Crippen LogP contribution in [-0.4, -0.2) is 46.5 Å². The minimum Gasteiger partial charge on any atom is -0.465 e. The number of amides is 2. The van der Waals surface area contributed by atoms with Crippen molar-refractivity contribution in [3.63, 3.8) is 0 Å². The van der Waals surface area contributed by atoms with Crippen LogP contribution in [0.25, 0.3) is 10.8 Å². The van der Waals surface area contributed by atoms with Crippen LogP contribution in [0, 0.1) is 5.92 Å². The lowest BCUT2D eigenvalue weighted by Gasteiger charge is -2.31. The van der Waals surface area contributed by atoms with E-state index in [9.17, 15) is 14.7 Å². The first-order valence-corrected chi connectivity index (χ1v) is 12.9. The summed E-state index contributed by atoms with van der Waals surface area (Å²) in [6, 6.07) is 30.8. The minimum absolute atomic E-state index is 0.00852. The fraction of sp³-hybridized carbons (Fsp3) is 0.226. The molecule has 1 N–H and O–H groups in total. The summed E-state index contributed by atoms with van der Waals surface area (Å²) in [7, 11) is 0. The number of benzene rings is 4. The standard InChI is InChI=1S/C31H29ClN2O3/c1-21(25-16-9-13-22-12-5-6-14-26(22)25)34(31(36)37)19-24-18-33(20-28(24)23-10-3-2-4-11-23)30(35)27-15-7-8-17-29(27)32/h2-17,21,24,28H,18-20H2,1H3,(H,36,37). The van der Waals surface area contributed by atoms with Crippen molar-refractivity contribution < 1.29 is 14.7 Å². The Morgan fingerprint density at radius 2 is 1.59 bits per heavy atom. The van der Waals surface area contributed by atoms with E-state index in [4.69, 9.17) is 11.6 Å². The Kier molecular flexibility index (Phi) is 7.15. The molecule has 1 aliphatic rings. The molecule has 0 radical (unpaired) electrons. The van der Waals surface area contributed by atoms with Gasteiger partial charge in [-0.3, -0.25) is 4.79 Å². The molecule has 4 aromatic rings. The van der Waals surface area contributed by atoms with Crippen molar-refractivity contribution in [2.24, 2.45) is 5.92 Å². The summed E-state index contributed by atoms with van der Waals surface area (Å²) in [6.07, 6.45) is -0.969. The van der Waals surface area contributed by atoms with E-state index in [0.717, 1.165) is 21.9 Å². The molecule has 4 aromatic carbocycles. The van der Waals surface area contributed by atoms with Crippen LogP contribution in [-0.2, 0) is 0 Å². The maximum Gasteiger partial charge on any atom is 0.407 e. The van der Waals surface area contributed by atoms with Crippen LogP contribution in [0.2, 0.25) is 5.02 Å². The number of carboxylic acid groups (broad SMARTS) is 1. The van der Waals surface area contributed by atoms with E-state index in [1.54, 1.807) is 24.3 Å². The molecule has 1 saturated heterocycles. The van der Waals surface area contributed by atoms with Crippen LogP contribution in [0.3, 0.4) is 0 Å². The van der Waals surface area contributed by atoms with Gasteiger partial charge < -0.3 is 14.9 Å². The molecule has 37 heavy (non-hydrogen) atoms. The van der Waals surface area contributed by atoms with Gasteiger partial charge in [-0.1, -0.05) is 96.5 Å². The quantitative estimate of drug-likeness (QED) is 0.300. The minimum atomic E-state index is -0.969. The maximum absolute atomic E-state index is 13.4. The molecular formula is C31H29ClN2O3. The van der Waals surface area contributed by atoms with Gasteiger partial charge in [0.1, 0.15) is 0 Å². The Balaban J connectivity index is 1.46. The van der Waals surface area contributed by atoms with Gasteiger partial charge in [0, 0.05) is 31.5 Å². The van der Waals surface area contributed by atoms with E-state index in [1.165, 1.54) is 4.90 Å². The lowest BCUT2D eigenvalue weighted by Crippen LogP contribution is -2.38. The zero-order chi connectivity index (χ0) is 25.9.